The molecule has 7 nitrogen and oxygen atoms in total. The highest BCUT2D eigenvalue weighted by Gasteiger charge is 2.34. The van der Waals surface area contributed by atoms with Crippen molar-refractivity contribution in [2.45, 2.75) is 45.4 Å². The monoisotopic (exact) mass is 474 g/mol. The van der Waals surface area contributed by atoms with Gasteiger partial charge in [-0.3, -0.25) is 20.0 Å². The van der Waals surface area contributed by atoms with Crippen molar-refractivity contribution in [1.82, 2.24) is 10.2 Å². The molecule has 0 spiro atoms. The fraction of sp³-hybridized carbons (Fsp3) is 0.464. The summed E-state index contributed by atoms with van der Waals surface area (Å²) in [5.74, 6) is 1.20. The molecule has 1 N–H and O–H groups in total. The predicted molar refractivity (Wildman–Crippen MR) is 137 cm³/mol. The SMILES string of the molecule is Cc1cccc2c1N(C)C(=O)[C@@H](NC(=O)OCc1ccccc1)N=C2CN1CC2CCC(CC2)C1. The Morgan fingerprint density at radius 2 is 1.71 bits per heavy atom. The number of nitrogens with zero attached hydrogens (tertiary/aromatic N) is 3. The first-order valence-corrected chi connectivity index (χ1v) is 12.6. The molecule has 6 rings (SSSR count). The zero-order chi connectivity index (χ0) is 24.4. The first kappa shape index (κ1) is 23.5. The van der Waals surface area contributed by atoms with Crippen LogP contribution in [0.3, 0.4) is 0 Å². The minimum atomic E-state index is -1.03. The quantitative estimate of drug-likeness (QED) is 0.707. The number of para-hydroxylation sites is 1. The molecule has 1 saturated carbocycles. The van der Waals surface area contributed by atoms with Gasteiger partial charge < -0.3 is 9.64 Å². The summed E-state index contributed by atoms with van der Waals surface area (Å²) >= 11 is 0. The minimum absolute atomic E-state index is 0.135. The van der Waals surface area contributed by atoms with E-state index in [1.54, 1.807) is 11.9 Å². The Bertz CT molecular complexity index is 1090. The molecule has 1 aliphatic carbocycles. The molecule has 0 unspecified atom stereocenters. The van der Waals surface area contributed by atoms with Crippen molar-refractivity contribution >= 4 is 23.4 Å². The van der Waals surface area contributed by atoms with Crippen LogP contribution in [0.5, 0.6) is 0 Å². The topological polar surface area (TPSA) is 74.2 Å². The number of alkyl carbamates (subject to hydrolysis) is 1. The second-order valence-corrected chi connectivity index (χ2v) is 10.1. The average molecular weight is 475 g/mol. The Morgan fingerprint density at radius 3 is 2.40 bits per heavy atom. The van der Waals surface area contributed by atoms with E-state index >= 15 is 0 Å². The number of benzodiazepines with no additional fused rings is 1. The molecule has 35 heavy (non-hydrogen) atoms. The molecule has 2 aromatic carbocycles. The van der Waals surface area contributed by atoms with Gasteiger partial charge in [-0.2, -0.15) is 0 Å². The number of aryl methyl sites for hydroxylation is 1. The molecule has 7 heteroatoms. The number of nitrogens with one attached hydrogen (secondary N) is 1. The summed E-state index contributed by atoms with van der Waals surface area (Å²) in [5, 5.41) is 2.71. The normalized spacial score (nSPS) is 24.3. The largest absolute Gasteiger partial charge is 0.445 e. The van der Waals surface area contributed by atoms with Gasteiger partial charge in [-0.25, -0.2) is 4.79 Å². The molecule has 2 bridgehead atoms. The molecule has 2 amide bonds. The summed E-state index contributed by atoms with van der Waals surface area (Å²) < 4.78 is 5.39. The van der Waals surface area contributed by atoms with Crippen molar-refractivity contribution in [1.29, 1.82) is 0 Å². The lowest BCUT2D eigenvalue weighted by molar-refractivity contribution is -0.120. The molecule has 2 saturated heterocycles. The van der Waals surface area contributed by atoms with E-state index < -0.39 is 12.3 Å². The van der Waals surface area contributed by atoms with Crippen LogP contribution in [0.25, 0.3) is 0 Å². The lowest BCUT2D eigenvalue weighted by Crippen LogP contribution is -2.46. The fourth-order valence-corrected chi connectivity index (χ4v) is 5.75. The summed E-state index contributed by atoms with van der Waals surface area (Å²) in [6.07, 6.45) is 3.54. The smallest absolute Gasteiger partial charge is 0.409 e. The number of ether oxygens (including phenoxy) is 1. The molecular weight excluding hydrogens is 440 g/mol. The van der Waals surface area contributed by atoms with E-state index in [0.717, 1.165) is 53.0 Å². The number of carbonyl (C=O) groups excluding carboxylic acids is 2. The van der Waals surface area contributed by atoms with Crippen LogP contribution in [-0.2, 0) is 16.1 Å². The summed E-state index contributed by atoms with van der Waals surface area (Å²) in [6, 6.07) is 15.5. The van der Waals surface area contributed by atoms with Gasteiger partial charge in [0.2, 0.25) is 6.17 Å². The summed E-state index contributed by atoms with van der Waals surface area (Å²) in [7, 11) is 1.75. The molecule has 3 heterocycles. The van der Waals surface area contributed by atoms with E-state index in [1.165, 1.54) is 25.7 Å². The highest BCUT2D eigenvalue weighted by Crippen LogP contribution is 2.35. The number of hydrogen-bond acceptors (Lipinski definition) is 5. The van der Waals surface area contributed by atoms with Crippen LogP contribution in [0.1, 0.15) is 42.4 Å². The van der Waals surface area contributed by atoms with E-state index in [2.05, 4.69) is 10.2 Å². The Labute approximate surface area is 207 Å². The van der Waals surface area contributed by atoms with Crippen LogP contribution >= 0.6 is 0 Å². The van der Waals surface area contributed by atoms with E-state index in [9.17, 15) is 9.59 Å². The maximum absolute atomic E-state index is 13.4. The van der Waals surface area contributed by atoms with Crippen molar-refractivity contribution in [3.8, 4) is 0 Å². The summed E-state index contributed by atoms with van der Waals surface area (Å²) in [5.41, 5.74) is 4.55. The predicted octanol–water partition coefficient (Wildman–Crippen LogP) is 4.14. The van der Waals surface area contributed by atoms with Gasteiger partial charge in [0.05, 0.1) is 11.4 Å². The number of aliphatic imine (C=N–C) groups is 1. The van der Waals surface area contributed by atoms with Gasteiger partial charge in [0.15, 0.2) is 0 Å². The maximum atomic E-state index is 13.4. The number of amides is 2. The third-order valence-corrected chi connectivity index (χ3v) is 7.57. The zero-order valence-corrected chi connectivity index (χ0v) is 20.6. The van der Waals surface area contributed by atoms with Gasteiger partial charge in [-0.15, -0.1) is 0 Å². The Morgan fingerprint density at radius 1 is 1.03 bits per heavy atom. The van der Waals surface area contributed by atoms with Gasteiger partial charge in [0.1, 0.15) is 6.61 Å². The van der Waals surface area contributed by atoms with Crippen molar-refractivity contribution < 1.29 is 14.3 Å². The molecule has 4 aliphatic rings. The molecule has 3 fully saturated rings. The third-order valence-electron chi connectivity index (χ3n) is 7.57. The average Bonchev–Trinajstić information content (AvgIpc) is 3.22. The van der Waals surface area contributed by atoms with Gasteiger partial charge >= 0.3 is 6.09 Å². The summed E-state index contributed by atoms with van der Waals surface area (Å²) in [4.78, 5) is 35.0. The Balaban J connectivity index is 1.39. The van der Waals surface area contributed by atoms with Crippen LogP contribution in [-0.4, -0.2) is 55.5 Å². The van der Waals surface area contributed by atoms with Gasteiger partial charge in [0, 0.05) is 32.2 Å². The molecule has 2 aromatic rings. The van der Waals surface area contributed by atoms with Crippen LogP contribution in [0.15, 0.2) is 53.5 Å². The maximum Gasteiger partial charge on any atom is 0.409 e. The first-order valence-electron chi connectivity index (χ1n) is 12.6. The van der Waals surface area contributed by atoms with Gasteiger partial charge in [-0.05, 0) is 55.6 Å². The molecular formula is C28H34N4O3. The molecule has 184 valence electrons. The van der Waals surface area contributed by atoms with Crippen LogP contribution in [0.4, 0.5) is 10.5 Å². The Hall–Kier alpha value is -3.19. The molecule has 0 aromatic heterocycles. The van der Waals surface area contributed by atoms with Crippen molar-refractivity contribution in [3.63, 3.8) is 0 Å². The number of benzene rings is 2. The first-order chi connectivity index (χ1) is 17.0. The number of carbonyl (C=O) groups is 2. The van der Waals surface area contributed by atoms with Crippen molar-refractivity contribution in [3.05, 3.63) is 65.2 Å². The number of likely N-dealkylation sites (N-methyl/N-ethyl adjacent to an activating group) is 1. The molecule has 3 aliphatic heterocycles. The fourth-order valence-electron chi connectivity index (χ4n) is 5.75. The molecule has 0 radical (unpaired) electrons. The minimum Gasteiger partial charge on any atom is -0.445 e. The highest BCUT2D eigenvalue weighted by atomic mass is 16.5. The second-order valence-electron chi connectivity index (χ2n) is 10.1. The number of hydrogen-bond donors (Lipinski definition) is 1. The van der Waals surface area contributed by atoms with Gasteiger partial charge in [0.25, 0.3) is 5.91 Å². The summed E-state index contributed by atoms with van der Waals surface area (Å²) in [6.45, 7) is 4.95. The third kappa shape index (κ3) is 5.25. The second kappa shape index (κ2) is 10.2. The lowest BCUT2D eigenvalue weighted by Gasteiger charge is -2.25. The Kier molecular flexibility index (Phi) is 6.86. The van der Waals surface area contributed by atoms with Crippen LogP contribution in [0, 0.1) is 18.8 Å². The van der Waals surface area contributed by atoms with Gasteiger partial charge in [-0.1, -0.05) is 48.5 Å². The standard InChI is InChI=1S/C28H34N4O3/c1-19-7-6-10-23-24(17-32-15-20-11-12-21(16-32)14-13-20)29-26(27(33)31(2)25(19)23)30-28(34)35-18-22-8-4-3-5-9-22/h3-10,20-21,26H,11-18H2,1-2H3,(H,30,34)/t20?,21?,26-/m1/s1. The highest BCUT2D eigenvalue weighted by molar-refractivity contribution is 6.14. The van der Waals surface area contributed by atoms with E-state index in [1.807, 2.05) is 55.5 Å². The zero-order valence-electron chi connectivity index (χ0n) is 20.6. The lowest BCUT2D eigenvalue weighted by atomic mass is 9.84. The van der Waals surface area contributed by atoms with Crippen molar-refractivity contribution in [2.75, 3.05) is 31.6 Å². The van der Waals surface area contributed by atoms with Crippen LogP contribution in [0.2, 0.25) is 0 Å². The van der Waals surface area contributed by atoms with E-state index in [4.69, 9.17) is 9.73 Å². The number of fused-ring (bicyclic) bond motifs is 5. The molecule has 1 atom stereocenters. The van der Waals surface area contributed by atoms with E-state index in [-0.39, 0.29) is 12.5 Å². The van der Waals surface area contributed by atoms with E-state index in [0.29, 0.717) is 6.54 Å². The van der Waals surface area contributed by atoms with Crippen LogP contribution < -0.4 is 10.2 Å². The number of anilines is 1. The number of rotatable bonds is 5. The van der Waals surface area contributed by atoms with Crippen molar-refractivity contribution in [2.24, 2.45) is 16.8 Å².